The van der Waals surface area contributed by atoms with Crippen LogP contribution in [0.3, 0.4) is 0 Å². The number of benzene rings is 2. The van der Waals surface area contributed by atoms with Gasteiger partial charge in [0.25, 0.3) is 0 Å². The molecule has 1 aromatic heterocycles. The summed E-state index contributed by atoms with van der Waals surface area (Å²) < 4.78 is 0. The average molecular weight is 1560 g/mol. The Morgan fingerprint density at radius 1 is 0.486 bits per heavy atom. The number of aliphatic hydroxyl groups excluding tert-OH is 2. The van der Waals surface area contributed by atoms with E-state index in [1.807, 2.05) is 50.6 Å². The highest BCUT2D eigenvalue weighted by Crippen LogP contribution is 2.19. The van der Waals surface area contributed by atoms with E-state index >= 15 is 0 Å². The molecule has 0 bridgehead atoms. The van der Waals surface area contributed by atoms with Crippen LogP contribution in [0, 0.1) is 5.92 Å². The Hall–Kier alpha value is -10.1. The summed E-state index contributed by atoms with van der Waals surface area (Å²) >= 11 is 1.60. The van der Waals surface area contributed by atoms with Crippen LogP contribution >= 0.6 is 11.8 Å². The van der Waals surface area contributed by atoms with Gasteiger partial charge in [-0.05, 0) is 112 Å². The molecule has 3 rings (SSSR count). The van der Waals surface area contributed by atoms with E-state index in [-0.39, 0.29) is 43.9 Å². The standard InChI is InChI=1S/C11H12N2O2.C9H11NO3.C6H14N4O2.C6H14N2O2.C6H13NO2.C5H9NO4.C5H11NO2S.C4H8N2O3.C4H9NO3.C3H7NO3.C2H5NO2/c12-9(11(14)15)5-7-6-13-10-4-2-1-3-8(7)10;10-8(9(12)13)5-6-1-3-7(11)4-2-6;7-4(5(11)12)2-1-3-10-6(8)9;7-4-2-1-3-5(8)6(9)10;1-4(2)3-5(7)6(8)9;6-3(5(9)10)1-2-4(7)8;1-9-3-2-4(6)5(7)8;5-2(4(8)9)1-3(6)7;1-2(6)3(5)4(7)8;4-2(1-5)3(6)7;3-1-2(4)5/h1-4,6,9,13H,5,12H2,(H,14,15);1-4,8,11H,5,10H2,(H,12,13);4H,1-3,7H2,(H,11,12)(H4,8,9,10);5H,1-4,7-8H2,(H,9,10);4-5H,3,7H2,1-2H3,(H,8,9);3H,1-2,6H2,(H,7,8)(H,9,10);4H,2-3,6H2,1H3,(H,7,8);2H,1,5H2,(H2,6,7)(H,8,9);2-3,6H,5H2,1H3,(H,7,8);2,5H,1,4H2,(H,6,7);1,3H2,(H,4,5)/t9-;8-;4-;2*5-;3-;4-;2-;2-,3+;2-;/m0000000010./s1. The number of aromatic hydroxyl groups is 1. The van der Waals surface area contributed by atoms with Gasteiger partial charge in [0.1, 0.15) is 66.2 Å². The summed E-state index contributed by atoms with van der Waals surface area (Å²) in [6.45, 7) is 5.47. The number of aromatic nitrogens is 1. The Balaban J connectivity index is -0.000000170. The second-order valence-corrected chi connectivity index (χ2v) is 23.1. The van der Waals surface area contributed by atoms with E-state index in [1.54, 1.807) is 23.9 Å². The van der Waals surface area contributed by atoms with Crippen LogP contribution in [0.2, 0.25) is 0 Å². The Bertz CT molecular complexity index is 3040. The number of phenolic OH excluding ortho intramolecular Hbond substituents is 1. The van der Waals surface area contributed by atoms with Gasteiger partial charge in [-0.25, -0.2) is 0 Å². The van der Waals surface area contributed by atoms with Crippen molar-refractivity contribution in [2.45, 2.75) is 164 Å². The molecule has 0 radical (unpaired) electrons. The number of hydrogen-bond acceptors (Lipinski definition) is 30. The number of aliphatic hydroxyl groups is 2. The molecule has 616 valence electrons. The first kappa shape index (κ1) is 113. The van der Waals surface area contributed by atoms with E-state index in [0.29, 0.717) is 57.5 Å². The van der Waals surface area contributed by atoms with Crippen molar-refractivity contribution in [3.8, 4) is 5.75 Å². The minimum Gasteiger partial charge on any atom is -0.508 e. The first-order chi connectivity index (χ1) is 49.3. The molecule has 45 nitrogen and oxygen atoms in total. The third-order valence-corrected chi connectivity index (χ3v) is 12.6. The van der Waals surface area contributed by atoms with Gasteiger partial charge in [-0.3, -0.25) is 67.3 Å². The Kier molecular flexibility index (Phi) is 72.8. The lowest BCUT2D eigenvalue weighted by molar-refractivity contribution is -0.141. The summed E-state index contributed by atoms with van der Waals surface area (Å²) in [5.74, 6) is -11.8. The predicted octanol–water partition coefficient (Wildman–Crippen LogP) is -6.22. The van der Waals surface area contributed by atoms with E-state index in [9.17, 15) is 62.3 Å². The van der Waals surface area contributed by atoms with Crippen LogP contribution < -0.4 is 86.0 Å². The van der Waals surface area contributed by atoms with Crippen LogP contribution in [0.4, 0.5) is 0 Å². The number of carboxylic acid groups (broad SMARTS) is 12. The molecule has 0 unspecified atom stereocenters. The SMILES string of the molecule is CC(C)C[C@H](N)C(=O)O.CSCC[C@H](N)C(=O)O.C[C@@H](O)[C@H](N)C(=O)O.NC(=O)C[C@H](N)C(=O)O.NC(N)=NCCC[C@H](N)C(=O)O.NCC(=O)O.NCCCC[C@H](N)C(=O)O.N[C@@H](CCC(=O)O)C(=O)O.N[C@@H](CO)C(=O)O.N[C@@H](Cc1c[nH]c2ccccc12)C(=O)O.N[C@@H](Cc1ccc(O)cc1)C(=O)O. The van der Waals surface area contributed by atoms with Crippen molar-refractivity contribution in [1.29, 1.82) is 0 Å². The number of carbonyl (C=O) groups is 13. The van der Waals surface area contributed by atoms with Crippen LogP contribution in [-0.2, 0) is 75.2 Å². The molecular formula is C61H113N17O28S. The summed E-state index contributed by atoms with van der Waals surface area (Å²) in [5, 5.41) is 125. The fourth-order valence-electron chi connectivity index (χ4n) is 5.84. The monoisotopic (exact) mass is 1560 g/mol. The zero-order chi connectivity index (χ0) is 85.4. The zero-order valence-corrected chi connectivity index (χ0v) is 60.5. The molecule has 0 spiro atoms. The quantitative estimate of drug-likeness (QED) is 0.0148. The topological polar surface area (TPSA) is 944 Å². The van der Waals surface area contributed by atoms with Crippen molar-refractivity contribution >= 4 is 106 Å². The average Bonchev–Trinajstić information content (AvgIpc) is 1.69. The summed E-state index contributed by atoms with van der Waals surface area (Å²) in [4.78, 5) is 137. The van der Waals surface area contributed by atoms with E-state index < -0.39 is 151 Å². The number of thioether (sulfide) groups is 1. The number of nitrogens with one attached hydrogen (secondary N) is 1. The van der Waals surface area contributed by atoms with Crippen molar-refractivity contribution in [3.05, 3.63) is 65.9 Å². The number of primary amides is 1. The molecule has 0 aliphatic rings. The van der Waals surface area contributed by atoms with Gasteiger partial charge in [0.05, 0.1) is 25.7 Å². The number of rotatable bonds is 35. The molecule has 3 aromatic rings. The summed E-state index contributed by atoms with van der Waals surface area (Å²) in [6, 6.07) is 4.92. The van der Waals surface area contributed by atoms with Gasteiger partial charge >= 0.3 is 71.6 Å². The second-order valence-electron chi connectivity index (χ2n) is 22.1. The number of hydrogen-bond donors (Lipinski definition) is 31. The minimum absolute atomic E-state index is 0.0129. The molecule has 0 saturated carbocycles. The number of carbonyl (C=O) groups excluding carboxylic acids is 1. The number of nitrogens with zero attached hydrogens (tertiary/aromatic N) is 1. The summed E-state index contributed by atoms with van der Waals surface area (Å²) in [6.07, 6.45) is 7.07. The fraction of sp³-hybridized carbons (Fsp3) is 0.541. The Labute approximate surface area is 619 Å². The Morgan fingerprint density at radius 2 is 0.888 bits per heavy atom. The number of aliphatic carboxylic acids is 12. The summed E-state index contributed by atoms with van der Waals surface area (Å²) in [7, 11) is 0. The Morgan fingerprint density at radius 3 is 1.20 bits per heavy atom. The highest BCUT2D eigenvalue weighted by atomic mass is 32.2. The normalized spacial score (nSPS) is 12.9. The molecule has 0 aliphatic carbocycles. The number of unbranched alkanes of at least 4 members (excludes halogenated alkanes) is 1. The zero-order valence-electron chi connectivity index (χ0n) is 59.7. The fourth-order valence-corrected chi connectivity index (χ4v) is 6.33. The smallest absolute Gasteiger partial charge is 0.323 e. The van der Waals surface area contributed by atoms with Gasteiger partial charge < -0.3 is 168 Å². The van der Waals surface area contributed by atoms with Crippen LogP contribution in [0.5, 0.6) is 5.75 Å². The molecule has 2 aromatic carbocycles. The molecule has 11 atom stereocenters. The maximum absolute atomic E-state index is 10.6. The largest absolute Gasteiger partial charge is 0.508 e. The lowest BCUT2D eigenvalue weighted by atomic mass is 10.1. The van der Waals surface area contributed by atoms with Crippen LogP contribution in [0.25, 0.3) is 10.9 Å². The first-order valence-electron chi connectivity index (χ1n) is 31.4. The molecule has 107 heavy (non-hydrogen) atoms. The predicted molar refractivity (Wildman–Crippen MR) is 391 cm³/mol. The molecule has 0 saturated heterocycles. The first-order valence-corrected chi connectivity index (χ1v) is 32.8. The highest BCUT2D eigenvalue weighted by molar-refractivity contribution is 7.98. The minimum atomic E-state index is -1.21. The van der Waals surface area contributed by atoms with Crippen molar-refractivity contribution < 1.29 is 139 Å². The van der Waals surface area contributed by atoms with Gasteiger partial charge in [-0.15, -0.1) is 0 Å². The van der Waals surface area contributed by atoms with E-state index in [0.717, 1.165) is 40.6 Å². The third-order valence-electron chi connectivity index (χ3n) is 11.9. The number of amides is 1. The maximum Gasteiger partial charge on any atom is 0.323 e. The van der Waals surface area contributed by atoms with Crippen LogP contribution in [0.15, 0.2) is 59.7 Å². The maximum atomic E-state index is 10.6. The van der Waals surface area contributed by atoms with E-state index in [2.05, 4.69) is 21.4 Å². The number of carboxylic acids is 12. The van der Waals surface area contributed by atoms with E-state index in [4.69, 9.17) is 151 Å². The van der Waals surface area contributed by atoms with Crippen molar-refractivity contribution in [2.75, 3.05) is 38.2 Å². The summed E-state index contributed by atoms with van der Waals surface area (Å²) in [5.41, 5.74) is 78.5. The van der Waals surface area contributed by atoms with Crippen molar-refractivity contribution in [2.24, 2.45) is 96.9 Å². The number of phenols is 1. The van der Waals surface area contributed by atoms with Gasteiger partial charge in [0.2, 0.25) is 5.91 Å². The van der Waals surface area contributed by atoms with E-state index in [1.165, 1.54) is 19.1 Å². The number of guanidine groups is 1. The molecule has 1 amide bonds. The number of aromatic amines is 1. The molecule has 46 N–H and O–H groups in total. The second kappa shape index (κ2) is 69.0. The molecular weight excluding hydrogens is 1450 g/mol. The number of H-pyrrole nitrogens is 1. The van der Waals surface area contributed by atoms with Gasteiger partial charge in [-0.1, -0.05) is 50.6 Å². The van der Waals surface area contributed by atoms with Crippen molar-refractivity contribution in [3.63, 3.8) is 0 Å². The lowest BCUT2D eigenvalue weighted by Gasteiger charge is -2.07. The highest BCUT2D eigenvalue weighted by Gasteiger charge is 2.19. The van der Waals surface area contributed by atoms with Crippen LogP contribution in [0.1, 0.15) is 96.1 Å². The number of fused-ring (bicyclic) bond motifs is 1. The third kappa shape index (κ3) is 76.9. The number of aliphatic imine (C=N–C) groups is 1. The van der Waals surface area contributed by atoms with Gasteiger partial charge in [0, 0.05) is 36.5 Å². The molecule has 1 heterocycles. The van der Waals surface area contributed by atoms with Gasteiger partial charge in [0.15, 0.2) is 5.96 Å². The number of nitrogens with two attached hydrogens (primary N) is 15. The van der Waals surface area contributed by atoms with Gasteiger partial charge in [-0.2, -0.15) is 11.8 Å². The molecule has 0 fully saturated rings. The lowest BCUT2D eigenvalue weighted by Crippen LogP contribution is -2.39. The van der Waals surface area contributed by atoms with Crippen LogP contribution in [-0.4, -0.2) is 270 Å². The number of para-hydroxylation sites is 1. The molecule has 46 heteroatoms. The molecule has 0 aliphatic heterocycles. The van der Waals surface area contributed by atoms with Crippen molar-refractivity contribution in [1.82, 2.24) is 4.98 Å².